The summed E-state index contributed by atoms with van der Waals surface area (Å²) in [6.45, 7) is 0.157. The van der Waals surface area contributed by atoms with Crippen LogP contribution in [0.2, 0.25) is 0 Å². The number of nitrogens with two attached hydrogens (primary N) is 1. The molecule has 1 atom stereocenters. The highest BCUT2D eigenvalue weighted by Crippen LogP contribution is 2.17. The number of amides is 2. The summed E-state index contributed by atoms with van der Waals surface area (Å²) in [7, 11) is 0. The summed E-state index contributed by atoms with van der Waals surface area (Å²) in [6, 6.07) is 13.8. The van der Waals surface area contributed by atoms with E-state index in [9.17, 15) is 32.3 Å². The molecule has 2 rings (SSSR count). The van der Waals surface area contributed by atoms with Crippen molar-refractivity contribution in [3.8, 4) is 5.75 Å². The summed E-state index contributed by atoms with van der Waals surface area (Å²) in [5.74, 6) is -4.50. The van der Waals surface area contributed by atoms with Crippen molar-refractivity contribution in [3.05, 3.63) is 65.7 Å². The number of alkyl halides is 3. The molecule has 2 aromatic carbocycles. The van der Waals surface area contributed by atoms with Gasteiger partial charge in [-0.2, -0.15) is 13.2 Å². The first-order valence-electron chi connectivity index (χ1n) is 11.8. The van der Waals surface area contributed by atoms with Gasteiger partial charge in [0.05, 0.1) is 13.0 Å². The van der Waals surface area contributed by atoms with E-state index < -0.39 is 49.0 Å². The van der Waals surface area contributed by atoms with Crippen LogP contribution in [0, 0.1) is 5.41 Å². The van der Waals surface area contributed by atoms with E-state index in [0.29, 0.717) is 23.3 Å². The lowest BCUT2D eigenvalue weighted by atomic mass is 10.1. The van der Waals surface area contributed by atoms with Crippen LogP contribution in [-0.4, -0.2) is 55.1 Å². The molecule has 12 nitrogen and oxygen atoms in total. The minimum Gasteiger partial charge on any atom is -0.494 e. The second-order valence-corrected chi connectivity index (χ2v) is 8.06. The highest BCUT2D eigenvalue weighted by Gasteiger charge is 2.43. The maximum atomic E-state index is 12.7. The molecular formula is C25H27F3N4O8. The SMILES string of the molecule is N=C(N)c1cccc(OCCCNC(=O)[C@H](CCC(=O)OOC(=O)C(F)(F)F)NC(=O)OCc2ccccc2)c1. The van der Waals surface area contributed by atoms with Crippen LogP contribution >= 0.6 is 0 Å². The fraction of sp³-hybridized carbons (Fsp3) is 0.320. The molecule has 2 aromatic rings. The normalized spacial score (nSPS) is 11.5. The zero-order valence-electron chi connectivity index (χ0n) is 21.0. The van der Waals surface area contributed by atoms with E-state index in [2.05, 4.69) is 20.4 Å². The van der Waals surface area contributed by atoms with Crippen molar-refractivity contribution in [2.45, 2.75) is 38.1 Å². The number of benzene rings is 2. The number of halogens is 3. The molecule has 0 aliphatic heterocycles. The Labute approximate surface area is 226 Å². The summed E-state index contributed by atoms with van der Waals surface area (Å²) < 4.78 is 47.1. The molecule has 2 amide bonds. The average Bonchev–Trinajstić information content (AvgIpc) is 2.92. The average molecular weight is 569 g/mol. The van der Waals surface area contributed by atoms with Crippen molar-refractivity contribution >= 4 is 29.8 Å². The predicted molar refractivity (Wildman–Crippen MR) is 132 cm³/mol. The first-order chi connectivity index (χ1) is 19.0. The highest BCUT2D eigenvalue weighted by atomic mass is 19.4. The molecule has 0 saturated carbocycles. The molecule has 0 fully saturated rings. The minimum absolute atomic E-state index is 0.0934. The monoisotopic (exact) mass is 568 g/mol. The number of nitrogen functional groups attached to an aromatic ring is 1. The van der Waals surface area contributed by atoms with Crippen molar-refractivity contribution in [2.24, 2.45) is 5.73 Å². The van der Waals surface area contributed by atoms with Crippen molar-refractivity contribution in [3.63, 3.8) is 0 Å². The maximum absolute atomic E-state index is 12.7. The van der Waals surface area contributed by atoms with Crippen LogP contribution in [0.1, 0.15) is 30.4 Å². The van der Waals surface area contributed by atoms with E-state index in [4.69, 9.17) is 20.6 Å². The van der Waals surface area contributed by atoms with Gasteiger partial charge in [0, 0.05) is 12.1 Å². The Hall–Kier alpha value is -4.82. The number of ether oxygens (including phenoxy) is 2. The van der Waals surface area contributed by atoms with Crippen LogP contribution < -0.4 is 21.1 Å². The summed E-state index contributed by atoms with van der Waals surface area (Å²) >= 11 is 0. The lowest BCUT2D eigenvalue weighted by Gasteiger charge is -2.18. The number of hydrogen-bond acceptors (Lipinski definition) is 9. The first-order valence-corrected chi connectivity index (χ1v) is 11.8. The maximum Gasteiger partial charge on any atom is 0.495 e. The summed E-state index contributed by atoms with van der Waals surface area (Å²) in [6.07, 6.45) is -7.13. The van der Waals surface area contributed by atoms with Crippen LogP contribution in [-0.2, 0) is 35.5 Å². The molecule has 0 aliphatic rings. The number of amidine groups is 1. The van der Waals surface area contributed by atoms with Crippen molar-refractivity contribution in [2.75, 3.05) is 13.2 Å². The molecular weight excluding hydrogens is 541 g/mol. The van der Waals surface area contributed by atoms with E-state index in [-0.39, 0.29) is 25.6 Å². The smallest absolute Gasteiger partial charge is 0.494 e. The van der Waals surface area contributed by atoms with Gasteiger partial charge in [-0.05, 0) is 30.5 Å². The Morgan fingerprint density at radius 3 is 2.40 bits per heavy atom. The van der Waals surface area contributed by atoms with Gasteiger partial charge in [0.25, 0.3) is 0 Å². The highest BCUT2D eigenvalue weighted by molar-refractivity contribution is 5.95. The van der Waals surface area contributed by atoms with Crippen LogP contribution in [0.5, 0.6) is 5.75 Å². The van der Waals surface area contributed by atoms with Crippen LogP contribution in [0.15, 0.2) is 54.6 Å². The molecule has 0 aromatic heterocycles. The molecule has 5 N–H and O–H groups in total. The quantitative estimate of drug-likeness (QED) is 0.0929. The van der Waals surface area contributed by atoms with Gasteiger partial charge >= 0.3 is 24.2 Å². The molecule has 216 valence electrons. The largest absolute Gasteiger partial charge is 0.495 e. The third kappa shape index (κ3) is 11.7. The van der Waals surface area contributed by atoms with Gasteiger partial charge in [0.2, 0.25) is 5.91 Å². The third-order valence-electron chi connectivity index (χ3n) is 4.93. The van der Waals surface area contributed by atoms with Gasteiger partial charge in [-0.3, -0.25) is 10.2 Å². The molecule has 15 heteroatoms. The minimum atomic E-state index is -5.37. The molecule has 0 saturated heterocycles. The van der Waals surface area contributed by atoms with E-state index >= 15 is 0 Å². The Morgan fingerprint density at radius 2 is 1.73 bits per heavy atom. The van der Waals surface area contributed by atoms with Crippen molar-refractivity contribution in [1.29, 1.82) is 5.41 Å². The molecule has 40 heavy (non-hydrogen) atoms. The Morgan fingerprint density at radius 1 is 1.00 bits per heavy atom. The van der Waals surface area contributed by atoms with Crippen LogP contribution in [0.3, 0.4) is 0 Å². The number of alkyl carbamates (subject to hydrolysis) is 1. The number of nitrogens with one attached hydrogen (secondary N) is 3. The topological polar surface area (TPSA) is 179 Å². The zero-order chi connectivity index (χ0) is 29.5. The van der Waals surface area contributed by atoms with Gasteiger partial charge in [0.15, 0.2) is 0 Å². The van der Waals surface area contributed by atoms with Crippen molar-refractivity contribution < 1.29 is 51.6 Å². The van der Waals surface area contributed by atoms with E-state index in [1.165, 1.54) is 0 Å². The Balaban J connectivity index is 1.86. The van der Waals surface area contributed by atoms with Gasteiger partial charge in [-0.25, -0.2) is 24.2 Å². The van der Waals surface area contributed by atoms with Gasteiger partial charge in [-0.1, -0.05) is 42.5 Å². The third-order valence-corrected chi connectivity index (χ3v) is 4.93. The molecule has 0 spiro atoms. The molecule has 0 radical (unpaired) electrons. The number of carbonyl (C=O) groups is 4. The van der Waals surface area contributed by atoms with Crippen LogP contribution in [0.25, 0.3) is 0 Å². The first kappa shape index (κ1) is 31.4. The number of hydrogen-bond donors (Lipinski definition) is 4. The Kier molecular flexibility index (Phi) is 12.2. The summed E-state index contributed by atoms with van der Waals surface area (Å²) in [4.78, 5) is 54.5. The zero-order valence-corrected chi connectivity index (χ0v) is 21.0. The fourth-order valence-electron chi connectivity index (χ4n) is 2.96. The summed E-state index contributed by atoms with van der Waals surface area (Å²) in [5, 5.41) is 12.3. The molecule has 0 bridgehead atoms. The fourth-order valence-corrected chi connectivity index (χ4v) is 2.96. The predicted octanol–water partition coefficient (Wildman–Crippen LogP) is 2.49. The van der Waals surface area contributed by atoms with E-state index in [1.807, 2.05) is 0 Å². The van der Waals surface area contributed by atoms with Crippen LogP contribution in [0.4, 0.5) is 18.0 Å². The second-order valence-electron chi connectivity index (χ2n) is 8.06. The lowest BCUT2D eigenvalue weighted by Crippen LogP contribution is -2.47. The second kappa shape index (κ2) is 15.6. The molecule has 0 unspecified atom stereocenters. The number of rotatable bonds is 13. The van der Waals surface area contributed by atoms with Gasteiger partial charge in [0.1, 0.15) is 24.2 Å². The van der Waals surface area contributed by atoms with E-state index in [0.717, 1.165) is 0 Å². The standard InChI is InChI=1S/C25H27F3N4O8/c26-25(27,28)23(35)40-39-20(33)11-10-19(32-24(36)38-15-16-6-2-1-3-7-16)22(34)31-12-5-13-37-18-9-4-8-17(14-18)21(29)30/h1-4,6-9,14,19H,5,10-13,15H2,(H3,29,30)(H,31,34)(H,32,36)/t19-/m0/s1. The number of carbonyl (C=O) groups excluding carboxylic acids is 4. The Bertz CT molecular complexity index is 1180. The van der Waals surface area contributed by atoms with Gasteiger partial charge < -0.3 is 25.8 Å². The lowest BCUT2D eigenvalue weighted by molar-refractivity contribution is -0.285. The van der Waals surface area contributed by atoms with Gasteiger partial charge in [-0.15, -0.1) is 0 Å². The molecule has 0 aliphatic carbocycles. The van der Waals surface area contributed by atoms with Crippen molar-refractivity contribution in [1.82, 2.24) is 10.6 Å². The molecule has 0 heterocycles. The van der Waals surface area contributed by atoms with E-state index in [1.54, 1.807) is 54.6 Å². The summed E-state index contributed by atoms with van der Waals surface area (Å²) in [5.41, 5.74) is 6.59.